The molecule has 1 atom stereocenters. The van der Waals surface area contributed by atoms with Gasteiger partial charge in [-0.05, 0) is 47.2 Å². The minimum absolute atomic E-state index is 0.0362. The van der Waals surface area contributed by atoms with E-state index >= 15 is 0 Å². The fourth-order valence-electron chi connectivity index (χ4n) is 3.89. The molecule has 0 aromatic heterocycles. The Bertz CT molecular complexity index is 882. The first-order valence-electron chi connectivity index (χ1n) is 11.1. The van der Waals surface area contributed by atoms with Gasteiger partial charge in [0.1, 0.15) is 6.54 Å². The maximum atomic E-state index is 12.4. The molecule has 3 N–H and O–H groups in total. The Balaban J connectivity index is 1.65. The summed E-state index contributed by atoms with van der Waals surface area (Å²) in [7, 11) is 0. The quantitative estimate of drug-likeness (QED) is 0.545. The molecule has 1 amide bonds. The molecule has 164 valence electrons. The van der Waals surface area contributed by atoms with Gasteiger partial charge >= 0.3 is 0 Å². The SMILES string of the molecule is CC(C)C[C@H](NCc1cccc(-c2ccc(N3CCNCC3)cc2)c1)C(=O)NCC#N. The Morgan fingerprint density at radius 1 is 1.13 bits per heavy atom. The van der Waals surface area contributed by atoms with Gasteiger partial charge in [-0.2, -0.15) is 5.26 Å². The Morgan fingerprint density at radius 3 is 2.55 bits per heavy atom. The van der Waals surface area contributed by atoms with Crippen LogP contribution in [0.15, 0.2) is 48.5 Å². The minimum Gasteiger partial charge on any atom is -0.369 e. The van der Waals surface area contributed by atoms with Gasteiger partial charge in [0.15, 0.2) is 0 Å². The topological polar surface area (TPSA) is 80.2 Å². The molecular weight excluding hydrogens is 386 g/mol. The van der Waals surface area contributed by atoms with Crippen molar-refractivity contribution in [2.24, 2.45) is 5.92 Å². The van der Waals surface area contributed by atoms with Crippen molar-refractivity contribution >= 4 is 11.6 Å². The van der Waals surface area contributed by atoms with Crippen molar-refractivity contribution in [1.29, 1.82) is 5.26 Å². The predicted octanol–water partition coefficient (Wildman–Crippen LogP) is 2.91. The lowest BCUT2D eigenvalue weighted by molar-refractivity contribution is -0.123. The molecule has 6 heteroatoms. The van der Waals surface area contributed by atoms with Gasteiger partial charge in [0, 0.05) is 38.4 Å². The highest BCUT2D eigenvalue weighted by Crippen LogP contribution is 2.24. The third-order valence-corrected chi connectivity index (χ3v) is 5.53. The summed E-state index contributed by atoms with van der Waals surface area (Å²) in [5.41, 5.74) is 4.75. The summed E-state index contributed by atoms with van der Waals surface area (Å²) < 4.78 is 0. The van der Waals surface area contributed by atoms with Gasteiger partial charge in [-0.3, -0.25) is 4.79 Å². The van der Waals surface area contributed by atoms with E-state index in [0.29, 0.717) is 12.5 Å². The average molecular weight is 420 g/mol. The van der Waals surface area contributed by atoms with Crippen molar-refractivity contribution < 1.29 is 4.79 Å². The molecule has 1 heterocycles. The number of nitriles is 1. The van der Waals surface area contributed by atoms with E-state index in [-0.39, 0.29) is 18.5 Å². The van der Waals surface area contributed by atoms with Crippen molar-refractivity contribution in [3.8, 4) is 17.2 Å². The van der Waals surface area contributed by atoms with E-state index < -0.39 is 0 Å². The van der Waals surface area contributed by atoms with E-state index in [0.717, 1.165) is 38.2 Å². The third kappa shape index (κ3) is 6.81. The number of nitrogens with zero attached hydrogens (tertiary/aromatic N) is 2. The molecule has 0 aliphatic carbocycles. The van der Waals surface area contributed by atoms with Crippen LogP contribution in [0.25, 0.3) is 11.1 Å². The van der Waals surface area contributed by atoms with Crippen LogP contribution in [0.3, 0.4) is 0 Å². The van der Waals surface area contributed by atoms with Crippen LogP contribution in [0, 0.1) is 17.2 Å². The fraction of sp³-hybridized carbons (Fsp3) is 0.440. The standard InChI is InChI=1S/C25H33N5O/c1-19(2)16-24(25(31)28-11-10-26)29-18-20-4-3-5-22(17-20)21-6-8-23(9-7-21)30-14-12-27-13-15-30/h3-9,17,19,24,27,29H,11-16,18H2,1-2H3,(H,28,31)/t24-/m0/s1. The van der Waals surface area contributed by atoms with Gasteiger partial charge in [0.05, 0.1) is 12.1 Å². The zero-order chi connectivity index (χ0) is 22.1. The lowest BCUT2D eigenvalue weighted by atomic mass is 10.0. The smallest absolute Gasteiger partial charge is 0.237 e. The van der Waals surface area contributed by atoms with Gasteiger partial charge in [-0.15, -0.1) is 0 Å². The monoisotopic (exact) mass is 419 g/mol. The normalized spacial score (nSPS) is 14.8. The molecule has 0 radical (unpaired) electrons. The summed E-state index contributed by atoms with van der Waals surface area (Å²) in [5.74, 6) is 0.265. The predicted molar refractivity (Wildman–Crippen MR) is 126 cm³/mol. The second-order valence-corrected chi connectivity index (χ2v) is 8.42. The number of carbonyl (C=O) groups excluding carboxylic acids is 1. The van der Waals surface area contributed by atoms with Gasteiger partial charge in [0.2, 0.25) is 5.91 Å². The van der Waals surface area contributed by atoms with Gasteiger partial charge in [-0.25, -0.2) is 0 Å². The third-order valence-electron chi connectivity index (χ3n) is 5.53. The zero-order valence-corrected chi connectivity index (χ0v) is 18.5. The number of benzene rings is 2. The zero-order valence-electron chi connectivity index (χ0n) is 18.5. The molecule has 2 aromatic carbocycles. The molecule has 0 bridgehead atoms. The summed E-state index contributed by atoms with van der Waals surface area (Å²) in [4.78, 5) is 14.8. The highest BCUT2D eigenvalue weighted by atomic mass is 16.2. The number of rotatable bonds is 9. The van der Waals surface area contributed by atoms with Crippen LogP contribution in [0.1, 0.15) is 25.8 Å². The number of piperazine rings is 1. The average Bonchev–Trinajstić information content (AvgIpc) is 2.81. The van der Waals surface area contributed by atoms with Gasteiger partial charge < -0.3 is 20.9 Å². The lowest BCUT2D eigenvalue weighted by Crippen LogP contribution is -2.44. The Morgan fingerprint density at radius 2 is 1.87 bits per heavy atom. The summed E-state index contributed by atoms with van der Waals surface area (Å²) in [6, 6.07) is 18.8. The second-order valence-electron chi connectivity index (χ2n) is 8.42. The molecule has 2 aromatic rings. The van der Waals surface area contributed by atoms with E-state index in [1.54, 1.807) is 0 Å². The number of carbonyl (C=O) groups is 1. The maximum absolute atomic E-state index is 12.4. The van der Waals surface area contributed by atoms with Crippen molar-refractivity contribution in [2.75, 3.05) is 37.6 Å². The van der Waals surface area contributed by atoms with Crippen LogP contribution in [-0.2, 0) is 11.3 Å². The Kier molecular flexibility index (Phi) is 8.45. The molecule has 1 aliphatic heterocycles. The summed E-state index contributed by atoms with van der Waals surface area (Å²) in [5, 5.41) is 18.2. The molecule has 3 rings (SSSR count). The number of nitrogens with one attached hydrogen (secondary N) is 3. The Labute approximate surface area is 185 Å². The Hall–Kier alpha value is -2.88. The van der Waals surface area contributed by atoms with Crippen molar-refractivity contribution in [3.63, 3.8) is 0 Å². The first-order chi connectivity index (χ1) is 15.1. The molecule has 0 spiro atoms. The molecule has 0 saturated carbocycles. The van der Waals surface area contributed by atoms with E-state index in [2.05, 4.69) is 83.2 Å². The molecule has 1 fully saturated rings. The number of amides is 1. The molecule has 1 aliphatic rings. The van der Waals surface area contributed by atoms with Crippen molar-refractivity contribution in [3.05, 3.63) is 54.1 Å². The van der Waals surface area contributed by atoms with Crippen LogP contribution in [0.5, 0.6) is 0 Å². The van der Waals surface area contributed by atoms with Crippen LogP contribution in [0.2, 0.25) is 0 Å². The molecule has 0 unspecified atom stereocenters. The summed E-state index contributed by atoms with van der Waals surface area (Å²) in [6.07, 6.45) is 0.727. The second kappa shape index (κ2) is 11.5. The molecule has 1 saturated heterocycles. The lowest BCUT2D eigenvalue weighted by Gasteiger charge is -2.29. The number of hydrogen-bond acceptors (Lipinski definition) is 5. The first kappa shape index (κ1) is 22.8. The molecular formula is C25H33N5O. The van der Waals surface area contributed by atoms with E-state index in [1.165, 1.54) is 16.8 Å². The summed E-state index contributed by atoms with van der Waals surface area (Å²) in [6.45, 7) is 8.97. The van der Waals surface area contributed by atoms with Crippen molar-refractivity contribution in [1.82, 2.24) is 16.0 Å². The van der Waals surface area contributed by atoms with Gasteiger partial charge in [0.25, 0.3) is 0 Å². The molecule has 6 nitrogen and oxygen atoms in total. The van der Waals surface area contributed by atoms with Crippen LogP contribution in [-0.4, -0.2) is 44.7 Å². The minimum atomic E-state index is -0.310. The van der Waals surface area contributed by atoms with Crippen LogP contribution >= 0.6 is 0 Å². The van der Waals surface area contributed by atoms with E-state index in [1.807, 2.05) is 6.07 Å². The van der Waals surface area contributed by atoms with Crippen LogP contribution < -0.4 is 20.9 Å². The van der Waals surface area contributed by atoms with Crippen LogP contribution in [0.4, 0.5) is 5.69 Å². The maximum Gasteiger partial charge on any atom is 0.237 e. The largest absolute Gasteiger partial charge is 0.369 e. The number of hydrogen-bond donors (Lipinski definition) is 3. The van der Waals surface area contributed by atoms with Gasteiger partial charge in [-0.1, -0.05) is 44.2 Å². The van der Waals surface area contributed by atoms with Crippen molar-refractivity contribution in [2.45, 2.75) is 32.9 Å². The number of anilines is 1. The summed E-state index contributed by atoms with van der Waals surface area (Å²) >= 11 is 0. The van der Waals surface area contributed by atoms with E-state index in [4.69, 9.17) is 5.26 Å². The van der Waals surface area contributed by atoms with E-state index in [9.17, 15) is 4.79 Å². The highest BCUT2D eigenvalue weighted by Gasteiger charge is 2.19. The first-order valence-corrected chi connectivity index (χ1v) is 11.1. The fourth-order valence-corrected chi connectivity index (χ4v) is 3.89. The highest BCUT2D eigenvalue weighted by molar-refractivity contribution is 5.81. The molecule has 31 heavy (non-hydrogen) atoms.